The van der Waals surface area contributed by atoms with Gasteiger partial charge in [0.15, 0.2) is 0 Å². The van der Waals surface area contributed by atoms with E-state index in [9.17, 15) is 4.79 Å². The molecule has 0 saturated heterocycles. The van der Waals surface area contributed by atoms with Gasteiger partial charge < -0.3 is 9.84 Å². The Morgan fingerprint density at radius 2 is 1.95 bits per heavy atom. The molecule has 0 bridgehead atoms. The third kappa shape index (κ3) is 3.77. The Labute approximate surface area is 115 Å². The number of carbonyl (C=O) groups is 1. The molecule has 0 spiro atoms. The molecular weight excluding hydrogens is 266 g/mol. The van der Waals surface area contributed by atoms with Crippen molar-refractivity contribution < 1.29 is 14.6 Å². The lowest BCUT2D eigenvalue weighted by Gasteiger charge is -2.06. The number of nitrogens with zero attached hydrogens (tertiary/aromatic N) is 1. The van der Waals surface area contributed by atoms with E-state index in [1.165, 1.54) is 6.07 Å². The van der Waals surface area contributed by atoms with Gasteiger partial charge in [-0.1, -0.05) is 35.9 Å². The fourth-order valence-corrected chi connectivity index (χ4v) is 1.75. The Kier molecular flexibility index (Phi) is 4.49. The van der Waals surface area contributed by atoms with Crippen molar-refractivity contribution in [2.24, 2.45) is 0 Å². The van der Waals surface area contributed by atoms with Crippen LogP contribution in [0.2, 0.25) is 5.02 Å². The van der Waals surface area contributed by atoms with E-state index in [1.807, 2.05) is 18.2 Å². The molecule has 1 heterocycles. The number of aromatic carboxylic acids is 1. The molecular formula is C14H12ClNO3. The molecule has 1 aromatic carbocycles. The third-order valence-corrected chi connectivity index (χ3v) is 2.86. The summed E-state index contributed by atoms with van der Waals surface area (Å²) in [6.07, 6.45) is 0. The Balaban J connectivity index is 1.94. The number of hydrogen-bond acceptors (Lipinski definition) is 3. The molecule has 0 radical (unpaired) electrons. The van der Waals surface area contributed by atoms with Gasteiger partial charge in [-0.2, -0.15) is 0 Å². The van der Waals surface area contributed by atoms with Gasteiger partial charge in [0.25, 0.3) is 0 Å². The van der Waals surface area contributed by atoms with Gasteiger partial charge in [-0.05, 0) is 23.8 Å². The number of benzene rings is 1. The molecule has 0 unspecified atom stereocenters. The summed E-state index contributed by atoms with van der Waals surface area (Å²) in [6, 6.07) is 12.2. The highest BCUT2D eigenvalue weighted by Crippen LogP contribution is 2.16. The van der Waals surface area contributed by atoms with Gasteiger partial charge in [0.05, 0.1) is 18.9 Å². The van der Waals surface area contributed by atoms with Crippen molar-refractivity contribution in [3.63, 3.8) is 0 Å². The minimum atomic E-state index is -1.05. The number of halogens is 1. The van der Waals surface area contributed by atoms with Crippen molar-refractivity contribution in [1.82, 2.24) is 4.98 Å². The summed E-state index contributed by atoms with van der Waals surface area (Å²) in [6.45, 7) is 0.602. The molecule has 4 nitrogen and oxygen atoms in total. The molecule has 0 aliphatic carbocycles. The largest absolute Gasteiger partial charge is 0.477 e. The summed E-state index contributed by atoms with van der Waals surface area (Å²) in [4.78, 5) is 14.7. The van der Waals surface area contributed by atoms with Crippen molar-refractivity contribution in [1.29, 1.82) is 0 Å². The van der Waals surface area contributed by atoms with E-state index in [-0.39, 0.29) is 12.3 Å². The number of aromatic nitrogens is 1. The number of carboxylic acid groups (broad SMARTS) is 1. The van der Waals surface area contributed by atoms with Crippen molar-refractivity contribution >= 4 is 17.6 Å². The zero-order valence-electron chi connectivity index (χ0n) is 10.0. The fourth-order valence-electron chi connectivity index (χ4n) is 1.56. The fraction of sp³-hybridized carbons (Fsp3) is 0.143. The number of carboxylic acids is 1. The summed E-state index contributed by atoms with van der Waals surface area (Å²) in [5.41, 5.74) is 1.48. The van der Waals surface area contributed by atoms with Crippen molar-refractivity contribution in [3.8, 4) is 0 Å². The minimum Gasteiger partial charge on any atom is -0.477 e. The lowest BCUT2D eigenvalue weighted by atomic mass is 10.2. The zero-order chi connectivity index (χ0) is 13.7. The quantitative estimate of drug-likeness (QED) is 0.912. The Morgan fingerprint density at radius 1 is 1.16 bits per heavy atom. The van der Waals surface area contributed by atoms with E-state index in [2.05, 4.69) is 4.98 Å². The first kappa shape index (κ1) is 13.5. The van der Waals surface area contributed by atoms with Gasteiger partial charge in [0.1, 0.15) is 5.69 Å². The molecule has 0 fully saturated rings. The highest BCUT2D eigenvalue weighted by Gasteiger charge is 2.05. The molecule has 2 aromatic rings. The normalized spacial score (nSPS) is 10.4. The van der Waals surface area contributed by atoms with Crippen molar-refractivity contribution in [2.75, 3.05) is 0 Å². The van der Waals surface area contributed by atoms with Gasteiger partial charge in [-0.25, -0.2) is 9.78 Å². The molecule has 0 aliphatic rings. The lowest BCUT2D eigenvalue weighted by Crippen LogP contribution is -2.04. The second kappa shape index (κ2) is 6.31. The molecule has 0 aliphatic heterocycles. The summed E-state index contributed by atoms with van der Waals surface area (Å²) >= 11 is 6.00. The molecule has 19 heavy (non-hydrogen) atoms. The zero-order valence-corrected chi connectivity index (χ0v) is 10.8. The van der Waals surface area contributed by atoms with Gasteiger partial charge >= 0.3 is 5.97 Å². The van der Waals surface area contributed by atoms with Crippen LogP contribution in [0.4, 0.5) is 0 Å². The van der Waals surface area contributed by atoms with Crippen LogP contribution in [0.5, 0.6) is 0 Å². The Hall–Kier alpha value is -1.91. The highest BCUT2D eigenvalue weighted by atomic mass is 35.5. The maximum Gasteiger partial charge on any atom is 0.354 e. The number of hydrogen-bond donors (Lipinski definition) is 1. The summed E-state index contributed by atoms with van der Waals surface area (Å²) in [5, 5.41) is 9.48. The van der Waals surface area contributed by atoms with Gasteiger partial charge in [-0.3, -0.25) is 0 Å². The molecule has 0 atom stereocenters. The first-order valence-electron chi connectivity index (χ1n) is 5.67. The number of pyridine rings is 1. The highest BCUT2D eigenvalue weighted by molar-refractivity contribution is 6.31. The van der Waals surface area contributed by atoms with Crippen LogP contribution in [0, 0.1) is 0 Å². The molecule has 1 N–H and O–H groups in total. The lowest BCUT2D eigenvalue weighted by molar-refractivity contribution is 0.0688. The van der Waals surface area contributed by atoms with Crippen LogP contribution in [0.25, 0.3) is 0 Å². The summed E-state index contributed by atoms with van der Waals surface area (Å²) in [7, 11) is 0. The third-order valence-electron chi connectivity index (χ3n) is 2.49. The average Bonchev–Trinajstić information content (AvgIpc) is 2.41. The monoisotopic (exact) mass is 277 g/mol. The van der Waals surface area contributed by atoms with Gasteiger partial charge in [0.2, 0.25) is 0 Å². The molecule has 0 amide bonds. The summed E-state index contributed by atoms with van der Waals surface area (Å²) < 4.78 is 5.48. The molecule has 5 heteroatoms. The summed E-state index contributed by atoms with van der Waals surface area (Å²) in [5.74, 6) is -1.05. The van der Waals surface area contributed by atoms with E-state index in [1.54, 1.807) is 18.2 Å². The smallest absolute Gasteiger partial charge is 0.354 e. The Bertz CT molecular complexity index is 586. The van der Waals surface area contributed by atoms with Crippen LogP contribution in [-0.4, -0.2) is 16.1 Å². The first-order valence-corrected chi connectivity index (χ1v) is 6.05. The van der Waals surface area contributed by atoms with Crippen LogP contribution in [0.1, 0.15) is 21.7 Å². The molecule has 98 valence electrons. The van der Waals surface area contributed by atoms with E-state index < -0.39 is 5.97 Å². The maximum absolute atomic E-state index is 10.8. The second-order valence-corrected chi connectivity index (χ2v) is 4.31. The van der Waals surface area contributed by atoms with Crippen LogP contribution in [-0.2, 0) is 18.0 Å². The van der Waals surface area contributed by atoms with Gasteiger partial charge in [-0.15, -0.1) is 0 Å². The maximum atomic E-state index is 10.8. The average molecular weight is 278 g/mol. The van der Waals surface area contributed by atoms with E-state index in [0.717, 1.165) is 5.56 Å². The first-order chi connectivity index (χ1) is 9.16. The van der Waals surface area contributed by atoms with E-state index in [4.69, 9.17) is 21.4 Å². The van der Waals surface area contributed by atoms with Crippen LogP contribution < -0.4 is 0 Å². The van der Waals surface area contributed by atoms with Gasteiger partial charge in [0, 0.05) is 5.02 Å². The Morgan fingerprint density at radius 3 is 2.68 bits per heavy atom. The number of rotatable bonds is 5. The predicted octanol–water partition coefficient (Wildman–Crippen LogP) is 3.15. The van der Waals surface area contributed by atoms with Crippen molar-refractivity contribution in [3.05, 3.63) is 64.4 Å². The van der Waals surface area contributed by atoms with Crippen LogP contribution in [0.3, 0.4) is 0 Å². The van der Waals surface area contributed by atoms with Crippen LogP contribution in [0.15, 0.2) is 42.5 Å². The number of ether oxygens (including phenoxy) is 1. The topological polar surface area (TPSA) is 59.4 Å². The van der Waals surface area contributed by atoms with E-state index in [0.29, 0.717) is 17.3 Å². The second-order valence-electron chi connectivity index (χ2n) is 3.90. The van der Waals surface area contributed by atoms with Crippen LogP contribution >= 0.6 is 11.6 Å². The molecule has 1 aromatic heterocycles. The molecule has 0 saturated carbocycles. The predicted molar refractivity (Wildman–Crippen MR) is 71.1 cm³/mol. The SMILES string of the molecule is O=C(O)c1cccc(COCc2ccccc2Cl)n1. The van der Waals surface area contributed by atoms with E-state index >= 15 is 0 Å². The molecule has 2 rings (SSSR count). The standard InChI is InChI=1S/C14H12ClNO3/c15-12-6-2-1-4-10(12)8-19-9-11-5-3-7-13(16-11)14(17)18/h1-7H,8-9H2,(H,17,18). The van der Waals surface area contributed by atoms with Crippen molar-refractivity contribution in [2.45, 2.75) is 13.2 Å². The minimum absolute atomic E-state index is 0.0128.